The Kier molecular flexibility index (Phi) is 4.40. The second-order valence-electron chi connectivity index (χ2n) is 5.72. The molecular weight excluding hydrogens is 279 g/mol. The van der Waals surface area contributed by atoms with E-state index in [-0.39, 0.29) is 17.4 Å². The van der Waals surface area contributed by atoms with Gasteiger partial charge in [0.15, 0.2) is 0 Å². The van der Waals surface area contributed by atoms with Gasteiger partial charge in [-0.3, -0.25) is 0 Å². The molecule has 1 aromatic rings. The van der Waals surface area contributed by atoms with Gasteiger partial charge in [0, 0.05) is 6.04 Å². The van der Waals surface area contributed by atoms with Crippen LogP contribution in [0.15, 0.2) is 12.1 Å². The number of rotatable bonds is 2. The first kappa shape index (κ1) is 15.6. The van der Waals surface area contributed by atoms with Crippen LogP contribution in [0.2, 0.25) is 0 Å². The summed E-state index contributed by atoms with van der Waals surface area (Å²) in [7, 11) is 0. The van der Waals surface area contributed by atoms with E-state index in [2.05, 4.69) is 24.1 Å². The molecule has 0 saturated heterocycles. The molecule has 0 radical (unpaired) electrons. The van der Waals surface area contributed by atoms with Gasteiger partial charge in [0.1, 0.15) is 17.6 Å². The highest BCUT2D eigenvalue weighted by atomic mass is 19.4. The van der Waals surface area contributed by atoms with Gasteiger partial charge < -0.3 is 5.32 Å². The van der Waals surface area contributed by atoms with Crippen LogP contribution in [0.3, 0.4) is 0 Å². The van der Waals surface area contributed by atoms with Crippen LogP contribution in [-0.2, 0) is 6.18 Å². The predicted octanol–water partition coefficient (Wildman–Crippen LogP) is 4.21. The van der Waals surface area contributed by atoms with Crippen LogP contribution in [-0.4, -0.2) is 11.0 Å². The van der Waals surface area contributed by atoms with E-state index in [9.17, 15) is 13.2 Å². The van der Waals surface area contributed by atoms with Gasteiger partial charge in [-0.25, -0.2) is 4.98 Å². The van der Waals surface area contributed by atoms with Gasteiger partial charge in [-0.1, -0.05) is 26.7 Å². The van der Waals surface area contributed by atoms with Gasteiger partial charge in [0.2, 0.25) is 0 Å². The van der Waals surface area contributed by atoms with Gasteiger partial charge in [0.05, 0.1) is 5.56 Å². The number of nitrogens with one attached hydrogen (secondary N) is 1. The molecular formula is C15H18F3N3. The third-order valence-corrected chi connectivity index (χ3v) is 4.34. The molecule has 3 unspecified atom stereocenters. The fourth-order valence-corrected chi connectivity index (χ4v) is 2.78. The van der Waals surface area contributed by atoms with Crippen LogP contribution < -0.4 is 5.32 Å². The van der Waals surface area contributed by atoms with Crippen molar-refractivity contribution in [3.8, 4) is 6.07 Å². The maximum absolute atomic E-state index is 12.7. The molecule has 1 aromatic heterocycles. The van der Waals surface area contributed by atoms with Crippen molar-refractivity contribution in [3.05, 3.63) is 23.4 Å². The van der Waals surface area contributed by atoms with Crippen LogP contribution >= 0.6 is 0 Å². The lowest BCUT2D eigenvalue weighted by atomic mass is 9.78. The van der Waals surface area contributed by atoms with Crippen LogP contribution in [0.4, 0.5) is 19.0 Å². The number of alkyl halides is 3. The minimum atomic E-state index is -4.50. The molecule has 1 fully saturated rings. The van der Waals surface area contributed by atoms with E-state index in [0.717, 1.165) is 25.3 Å². The molecule has 1 N–H and O–H groups in total. The zero-order valence-electron chi connectivity index (χ0n) is 12.0. The summed E-state index contributed by atoms with van der Waals surface area (Å²) in [5.74, 6) is 0.882. The zero-order chi connectivity index (χ0) is 15.6. The number of hydrogen-bond donors (Lipinski definition) is 1. The van der Waals surface area contributed by atoms with Crippen molar-refractivity contribution in [3.63, 3.8) is 0 Å². The number of anilines is 1. The molecule has 0 aliphatic heterocycles. The number of nitriles is 1. The normalized spacial score (nSPS) is 26.2. The molecule has 1 aliphatic rings. The highest BCUT2D eigenvalue weighted by Crippen LogP contribution is 2.33. The van der Waals surface area contributed by atoms with Gasteiger partial charge in [0.25, 0.3) is 0 Å². The minimum Gasteiger partial charge on any atom is -0.366 e. The highest BCUT2D eigenvalue weighted by molar-refractivity contribution is 5.53. The van der Waals surface area contributed by atoms with Crippen LogP contribution in [0, 0.1) is 23.2 Å². The summed E-state index contributed by atoms with van der Waals surface area (Å²) in [6.07, 6.45) is -1.46. The highest BCUT2D eigenvalue weighted by Gasteiger charge is 2.34. The number of hydrogen-bond acceptors (Lipinski definition) is 3. The van der Waals surface area contributed by atoms with E-state index in [1.807, 2.05) is 6.07 Å². The minimum absolute atomic E-state index is 0.0401. The lowest BCUT2D eigenvalue weighted by Gasteiger charge is -2.35. The summed E-state index contributed by atoms with van der Waals surface area (Å²) in [6, 6.07) is 3.97. The maximum Gasteiger partial charge on any atom is 0.433 e. The fourth-order valence-electron chi connectivity index (χ4n) is 2.78. The molecule has 114 valence electrons. The Hall–Kier alpha value is -1.77. The van der Waals surface area contributed by atoms with Crippen molar-refractivity contribution < 1.29 is 13.2 Å². The van der Waals surface area contributed by atoms with Crippen LogP contribution in [0.25, 0.3) is 0 Å². The lowest BCUT2D eigenvalue weighted by Crippen LogP contribution is -2.35. The van der Waals surface area contributed by atoms with E-state index in [0.29, 0.717) is 11.8 Å². The van der Waals surface area contributed by atoms with E-state index < -0.39 is 11.9 Å². The van der Waals surface area contributed by atoms with Crippen molar-refractivity contribution in [2.45, 2.75) is 45.3 Å². The maximum atomic E-state index is 12.7. The van der Waals surface area contributed by atoms with Gasteiger partial charge in [-0.2, -0.15) is 18.4 Å². The Morgan fingerprint density at radius 1 is 1.29 bits per heavy atom. The van der Waals surface area contributed by atoms with Gasteiger partial charge in [-0.05, 0) is 30.4 Å². The Balaban J connectivity index is 2.28. The quantitative estimate of drug-likeness (QED) is 0.889. The Morgan fingerprint density at radius 3 is 2.62 bits per heavy atom. The van der Waals surface area contributed by atoms with Crippen molar-refractivity contribution in [2.24, 2.45) is 11.8 Å². The Labute approximate surface area is 122 Å². The van der Waals surface area contributed by atoms with Gasteiger partial charge >= 0.3 is 6.18 Å². The molecule has 1 saturated carbocycles. The third-order valence-electron chi connectivity index (χ3n) is 4.34. The van der Waals surface area contributed by atoms with E-state index >= 15 is 0 Å². The number of halogens is 3. The topological polar surface area (TPSA) is 48.7 Å². The first-order chi connectivity index (χ1) is 9.82. The second-order valence-corrected chi connectivity index (χ2v) is 5.72. The number of pyridine rings is 1. The third kappa shape index (κ3) is 3.46. The fraction of sp³-hybridized carbons (Fsp3) is 0.600. The Bertz CT molecular complexity index is 548. The van der Waals surface area contributed by atoms with Crippen molar-refractivity contribution >= 4 is 5.82 Å². The van der Waals surface area contributed by atoms with E-state index in [1.165, 1.54) is 6.07 Å². The van der Waals surface area contributed by atoms with Crippen molar-refractivity contribution in [1.29, 1.82) is 5.26 Å². The molecule has 1 heterocycles. The van der Waals surface area contributed by atoms with Crippen LogP contribution in [0.1, 0.15) is 44.4 Å². The number of aromatic nitrogens is 1. The Morgan fingerprint density at radius 2 is 2.00 bits per heavy atom. The molecule has 0 aromatic carbocycles. The number of nitrogens with zero attached hydrogens (tertiary/aromatic N) is 2. The zero-order valence-corrected chi connectivity index (χ0v) is 12.0. The molecule has 0 spiro atoms. The molecule has 2 rings (SSSR count). The smallest absolute Gasteiger partial charge is 0.366 e. The molecule has 3 nitrogen and oxygen atoms in total. The summed E-state index contributed by atoms with van der Waals surface area (Å²) < 4.78 is 38.2. The molecule has 3 atom stereocenters. The molecule has 1 aliphatic carbocycles. The summed E-state index contributed by atoms with van der Waals surface area (Å²) in [4.78, 5) is 3.61. The van der Waals surface area contributed by atoms with Gasteiger partial charge in [-0.15, -0.1) is 0 Å². The first-order valence-corrected chi connectivity index (χ1v) is 7.07. The molecule has 6 heteroatoms. The molecule has 0 bridgehead atoms. The summed E-state index contributed by atoms with van der Waals surface area (Å²) in [5.41, 5.74) is -0.825. The predicted molar refractivity (Wildman–Crippen MR) is 73.5 cm³/mol. The lowest BCUT2D eigenvalue weighted by molar-refractivity contribution is -0.141. The molecule has 21 heavy (non-hydrogen) atoms. The summed E-state index contributed by atoms with van der Waals surface area (Å²) in [5, 5.41) is 12.1. The van der Waals surface area contributed by atoms with E-state index in [4.69, 9.17) is 5.26 Å². The average molecular weight is 297 g/mol. The molecule has 0 amide bonds. The van der Waals surface area contributed by atoms with Crippen molar-refractivity contribution in [1.82, 2.24) is 4.98 Å². The SMILES string of the molecule is CC1CCCC(Nc2nc(C(F)(F)F)ccc2C#N)C1C. The largest absolute Gasteiger partial charge is 0.433 e. The van der Waals surface area contributed by atoms with Crippen molar-refractivity contribution in [2.75, 3.05) is 5.32 Å². The average Bonchev–Trinajstić information content (AvgIpc) is 2.43. The standard InChI is InChI=1S/C15H18F3N3/c1-9-4-3-5-12(10(9)2)20-14-11(8-19)6-7-13(21-14)15(16,17)18/h6-7,9-10,12H,3-5H2,1-2H3,(H,20,21). The summed E-state index contributed by atoms with van der Waals surface area (Å²) >= 11 is 0. The van der Waals surface area contributed by atoms with Crippen LogP contribution in [0.5, 0.6) is 0 Å². The first-order valence-electron chi connectivity index (χ1n) is 7.07. The monoisotopic (exact) mass is 297 g/mol. The second kappa shape index (κ2) is 5.92. The van der Waals surface area contributed by atoms with E-state index in [1.54, 1.807) is 0 Å². The summed E-state index contributed by atoms with van der Waals surface area (Å²) in [6.45, 7) is 4.23.